The number of carbonyl (C=O) groups excluding carboxylic acids is 1. The molecule has 2 N–H and O–H groups in total. The summed E-state index contributed by atoms with van der Waals surface area (Å²) in [6, 6.07) is 5.04. The lowest BCUT2D eigenvalue weighted by Crippen LogP contribution is -2.50. The topological polar surface area (TPSA) is 55.6 Å². The molecule has 0 aromatic heterocycles. The fourth-order valence-corrected chi connectivity index (χ4v) is 3.08. The van der Waals surface area contributed by atoms with E-state index in [4.69, 9.17) is 33.7 Å². The molecule has 1 heterocycles. The molecule has 2 unspecified atom stereocenters. The molecule has 1 saturated heterocycles. The standard InChI is InChI=1S/C15H20Cl2N2O2.ClH/c1-10-4-5-19(12(6-10)8-18)15(20)9-21-14-3-2-11(16)7-13(14)17;/h2-3,7,10,12H,4-6,8-9,18H2,1H3;1H. The van der Waals surface area contributed by atoms with E-state index >= 15 is 0 Å². The summed E-state index contributed by atoms with van der Waals surface area (Å²) >= 11 is 11.8. The molecule has 1 fully saturated rings. The Morgan fingerprint density at radius 3 is 2.82 bits per heavy atom. The summed E-state index contributed by atoms with van der Waals surface area (Å²) in [6.45, 7) is 3.37. The van der Waals surface area contributed by atoms with Crippen molar-refractivity contribution in [1.82, 2.24) is 4.90 Å². The van der Waals surface area contributed by atoms with Gasteiger partial charge in [0, 0.05) is 24.2 Å². The molecule has 1 aromatic rings. The van der Waals surface area contributed by atoms with Crippen LogP contribution in [0.3, 0.4) is 0 Å². The molecule has 0 radical (unpaired) electrons. The number of benzene rings is 1. The maximum atomic E-state index is 12.3. The Bertz CT molecular complexity index is 514. The summed E-state index contributed by atoms with van der Waals surface area (Å²) in [5, 5.41) is 0.935. The minimum absolute atomic E-state index is 0. The second-order valence-corrected chi connectivity index (χ2v) is 6.31. The molecule has 7 heteroatoms. The van der Waals surface area contributed by atoms with Crippen molar-refractivity contribution in [1.29, 1.82) is 0 Å². The number of ether oxygens (including phenoxy) is 1. The zero-order chi connectivity index (χ0) is 15.4. The van der Waals surface area contributed by atoms with Crippen LogP contribution in [0.1, 0.15) is 19.8 Å². The van der Waals surface area contributed by atoms with Gasteiger partial charge in [0.25, 0.3) is 5.91 Å². The molecule has 22 heavy (non-hydrogen) atoms. The number of rotatable bonds is 4. The van der Waals surface area contributed by atoms with Crippen LogP contribution in [0, 0.1) is 5.92 Å². The van der Waals surface area contributed by atoms with Gasteiger partial charge in [0.2, 0.25) is 0 Å². The van der Waals surface area contributed by atoms with Gasteiger partial charge >= 0.3 is 0 Å². The first-order valence-corrected chi connectivity index (χ1v) is 7.84. The summed E-state index contributed by atoms with van der Waals surface area (Å²) in [5.74, 6) is 1.02. The highest BCUT2D eigenvalue weighted by molar-refractivity contribution is 6.35. The molecule has 2 atom stereocenters. The minimum Gasteiger partial charge on any atom is -0.482 e. The first-order valence-electron chi connectivity index (χ1n) is 7.08. The van der Waals surface area contributed by atoms with Crippen molar-refractivity contribution < 1.29 is 9.53 Å². The van der Waals surface area contributed by atoms with Crippen molar-refractivity contribution >= 4 is 41.5 Å². The smallest absolute Gasteiger partial charge is 0.260 e. The summed E-state index contributed by atoms with van der Waals surface area (Å²) in [7, 11) is 0. The van der Waals surface area contributed by atoms with E-state index in [1.165, 1.54) is 0 Å². The third-order valence-corrected chi connectivity index (χ3v) is 4.35. The summed E-state index contributed by atoms with van der Waals surface area (Å²) < 4.78 is 5.50. The second kappa shape index (κ2) is 8.82. The minimum atomic E-state index is -0.0524. The molecule has 0 spiro atoms. The third kappa shape index (κ3) is 4.92. The second-order valence-electron chi connectivity index (χ2n) is 5.47. The van der Waals surface area contributed by atoms with Crippen LogP contribution in [0.5, 0.6) is 5.75 Å². The first kappa shape index (κ1) is 19.4. The van der Waals surface area contributed by atoms with E-state index in [1.807, 2.05) is 4.90 Å². The van der Waals surface area contributed by atoms with E-state index in [1.54, 1.807) is 18.2 Å². The predicted molar refractivity (Wildman–Crippen MR) is 92.2 cm³/mol. The van der Waals surface area contributed by atoms with Gasteiger partial charge in [-0.25, -0.2) is 0 Å². The van der Waals surface area contributed by atoms with Gasteiger partial charge in [0.05, 0.1) is 5.02 Å². The summed E-state index contributed by atoms with van der Waals surface area (Å²) in [6.07, 6.45) is 1.95. The van der Waals surface area contributed by atoms with E-state index in [0.717, 1.165) is 19.4 Å². The lowest BCUT2D eigenvalue weighted by Gasteiger charge is -2.37. The Labute approximate surface area is 147 Å². The SMILES string of the molecule is CC1CCN(C(=O)COc2ccc(Cl)cc2Cl)C(CN)C1.Cl. The van der Waals surface area contributed by atoms with Crippen molar-refractivity contribution in [3.63, 3.8) is 0 Å². The normalized spacial score (nSPS) is 21.2. The fourth-order valence-electron chi connectivity index (χ4n) is 2.62. The van der Waals surface area contributed by atoms with Crippen molar-refractivity contribution in [3.05, 3.63) is 28.2 Å². The van der Waals surface area contributed by atoms with Crippen molar-refractivity contribution in [2.75, 3.05) is 19.7 Å². The molecule has 1 aliphatic rings. The van der Waals surface area contributed by atoms with Crippen LogP contribution in [-0.4, -0.2) is 36.5 Å². The van der Waals surface area contributed by atoms with Crippen molar-refractivity contribution in [2.45, 2.75) is 25.8 Å². The maximum absolute atomic E-state index is 12.3. The molecule has 1 amide bonds. The first-order chi connectivity index (χ1) is 10.0. The number of piperidine rings is 1. The Hall–Kier alpha value is -0.680. The average molecular weight is 368 g/mol. The van der Waals surface area contributed by atoms with Crippen LogP contribution in [0.4, 0.5) is 0 Å². The van der Waals surface area contributed by atoms with Crippen LogP contribution in [-0.2, 0) is 4.79 Å². The van der Waals surface area contributed by atoms with Gasteiger partial charge in [-0.05, 0) is 37.0 Å². The Balaban J connectivity index is 0.00000242. The van der Waals surface area contributed by atoms with Gasteiger partial charge in [0.1, 0.15) is 5.75 Å². The lowest BCUT2D eigenvalue weighted by molar-refractivity contribution is -0.137. The zero-order valence-corrected chi connectivity index (χ0v) is 14.8. The predicted octanol–water partition coefficient (Wildman–Crippen LogP) is 3.38. The highest BCUT2D eigenvalue weighted by Gasteiger charge is 2.29. The number of nitrogens with zero attached hydrogens (tertiary/aromatic N) is 1. The quantitative estimate of drug-likeness (QED) is 0.887. The molecular weight excluding hydrogens is 347 g/mol. The van der Waals surface area contributed by atoms with E-state index in [0.29, 0.717) is 28.3 Å². The summed E-state index contributed by atoms with van der Waals surface area (Å²) in [4.78, 5) is 14.1. The number of hydrogen-bond acceptors (Lipinski definition) is 3. The molecule has 2 rings (SSSR count). The maximum Gasteiger partial charge on any atom is 0.260 e. The van der Waals surface area contributed by atoms with Crippen LogP contribution in [0.25, 0.3) is 0 Å². The van der Waals surface area contributed by atoms with Gasteiger partial charge < -0.3 is 15.4 Å². The molecule has 1 aliphatic heterocycles. The van der Waals surface area contributed by atoms with Crippen molar-refractivity contribution in [3.8, 4) is 5.75 Å². The highest BCUT2D eigenvalue weighted by Crippen LogP contribution is 2.28. The molecule has 4 nitrogen and oxygen atoms in total. The fraction of sp³-hybridized carbons (Fsp3) is 0.533. The van der Waals surface area contributed by atoms with E-state index in [-0.39, 0.29) is 31.0 Å². The Kier molecular flexibility index (Phi) is 7.77. The number of halogens is 3. The molecular formula is C15H21Cl3N2O2. The molecule has 0 aliphatic carbocycles. The van der Waals surface area contributed by atoms with Gasteiger partial charge in [-0.2, -0.15) is 0 Å². The third-order valence-electron chi connectivity index (χ3n) is 3.82. The Morgan fingerprint density at radius 2 is 2.18 bits per heavy atom. The molecule has 0 bridgehead atoms. The zero-order valence-electron chi connectivity index (χ0n) is 12.4. The highest BCUT2D eigenvalue weighted by atomic mass is 35.5. The van der Waals surface area contributed by atoms with E-state index < -0.39 is 0 Å². The van der Waals surface area contributed by atoms with E-state index in [9.17, 15) is 4.79 Å². The van der Waals surface area contributed by atoms with Gasteiger partial charge in [-0.1, -0.05) is 30.1 Å². The molecule has 1 aromatic carbocycles. The van der Waals surface area contributed by atoms with E-state index in [2.05, 4.69) is 6.92 Å². The number of amides is 1. The number of likely N-dealkylation sites (tertiary alicyclic amines) is 1. The number of carbonyl (C=O) groups is 1. The summed E-state index contributed by atoms with van der Waals surface area (Å²) in [5.41, 5.74) is 5.77. The van der Waals surface area contributed by atoms with Crippen LogP contribution in [0.2, 0.25) is 10.0 Å². The molecule has 0 saturated carbocycles. The van der Waals surface area contributed by atoms with Crippen LogP contribution < -0.4 is 10.5 Å². The number of hydrogen-bond donors (Lipinski definition) is 1. The number of nitrogens with two attached hydrogens (primary N) is 1. The lowest BCUT2D eigenvalue weighted by atomic mass is 9.92. The average Bonchev–Trinajstić information content (AvgIpc) is 2.45. The van der Waals surface area contributed by atoms with Crippen LogP contribution in [0.15, 0.2) is 18.2 Å². The van der Waals surface area contributed by atoms with Gasteiger partial charge in [0.15, 0.2) is 6.61 Å². The van der Waals surface area contributed by atoms with Gasteiger partial charge in [-0.15, -0.1) is 12.4 Å². The van der Waals surface area contributed by atoms with Gasteiger partial charge in [-0.3, -0.25) is 4.79 Å². The largest absolute Gasteiger partial charge is 0.482 e. The van der Waals surface area contributed by atoms with Crippen molar-refractivity contribution in [2.24, 2.45) is 11.7 Å². The molecule has 124 valence electrons. The van der Waals surface area contributed by atoms with Crippen LogP contribution >= 0.6 is 35.6 Å². The Morgan fingerprint density at radius 1 is 1.45 bits per heavy atom. The monoisotopic (exact) mass is 366 g/mol.